The van der Waals surface area contributed by atoms with Crippen LogP contribution in [0.1, 0.15) is 63.8 Å². The molecule has 2 aliphatic rings. The van der Waals surface area contributed by atoms with Crippen molar-refractivity contribution in [3.05, 3.63) is 79.8 Å². The van der Waals surface area contributed by atoms with Crippen LogP contribution in [0, 0.1) is 5.92 Å². The fourth-order valence-corrected chi connectivity index (χ4v) is 8.31. The minimum Gasteiger partial charge on any atom is -0.469 e. The SMILES string of the molecule is COC(=O)CCc1cnc(C2CN(C(=O)Cc3cc(Cl)c(NC(=O)c4cn(C)c5ccccc45)cc3Cl)C3CCCCC23)s1. The molecule has 3 heterocycles. The summed E-state index contributed by atoms with van der Waals surface area (Å²) in [5, 5.41) is 5.47. The summed E-state index contributed by atoms with van der Waals surface area (Å²) in [7, 11) is 3.29. The topological polar surface area (TPSA) is 93.5 Å². The minimum atomic E-state index is -0.286. The van der Waals surface area contributed by atoms with Crippen molar-refractivity contribution in [2.75, 3.05) is 19.0 Å². The first-order valence-corrected chi connectivity index (χ1v) is 16.4. The first-order valence-electron chi connectivity index (χ1n) is 14.9. The Labute approximate surface area is 270 Å². The maximum absolute atomic E-state index is 13.8. The molecule has 44 heavy (non-hydrogen) atoms. The van der Waals surface area contributed by atoms with Crippen LogP contribution in [0.2, 0.25) is 10.0 Å². The van der Waals surface area contributed by atoms with Crippen LogP contribution in [0.25, 0.3) is 10.9 Å². The lowest BCUT2D eigenvalue weighted by molar-refractivity contribution is -0.140. The Morgan fingerprint density at radius 3 is 2.73 bits per heavy atom. The van der Waals surface area contributed by atoms with Gasteiger partial charge in [0.05, 0.1) is 41.2 Å². The molecule has 2 aromatic heterocycles. The van der Waals surface area contributed by atoms with Crippen LogP contribution in [0.4, 0.5) is 5.69 Å². The van der Waals surface area contributed by atoms with E-state index in [0.717, 1.165) is 46.5 Å². The van der Waals surface area contributed by atoms with Gasteiger partial charge in [0.25, 0.3) is 5.91 Å². The Bertz CT molecular complexity index is 1730. The number of hydrogen-bond acceptors (Lipinski definition) is 6. The number of nitrogens with one attached hydrogen (secondary N) is 1. The number of methoxy groups -OCH3 is 1. The first-order chi connectivity index (χ1) is 21.2. The van der Waals surface area contributed by atoms with Gasteiger partial charge in [0.1, 0.15) is 0 Å². The third-order valence-corrected chi connectivity index (χ3v) is 10.8. The van der Waals surface area contributed by atoms with Crippen molar-refractivity contribution < 1.29 is 19.1 Å². The number of esters is 1. The lowest BCUT2D eigenvalue weighted by atomic mass is 9.80. The molecule has 4 aromatic rings. The first kappa shape index (κ1) is 30.6. The zero-order valence-corrected chi connectivity index (χ0v) is 27.0. The van der Waals surface area contributed by atoms with Crippen LogP contribution in [0.15, 0.2) is 48.8 Å². The van der Waals surface area contributed by atoms with Gasteiger partial charge in [-0.25, -0.2) is 4.98 Å². The lowest BCUT2D eigenvalue weighted by Crippen LogP contribution is -2.40. The van der Waals surface area contributed by atoms with Crippen molar-refractivity contribution in [3.63, 3.8) is 0 Å². The van der Waals surface area contributed by atoms with Gasteiger partial charge in [-0.3, -0.25) is 14.4 Å². The van der Waals surface area contributed by atoms with Crippen LogP contribution < -0.4 is 5.32 Å². The molecular weight excluding hydrogens is 619 g/mol. The lowest BCUT2D eigenvalue weighted by Gasteiger charge is -2.32. The number of aromatic nitrogens is 2. The molecule has 6 rings (SSSR count). The standard InChI is InChI=1S/C33H34Cl2N4O4S/c1-38-17-23(21-7-3-5-9-28(21)38)32(42)37-27-15-25(34)19(13-26(27)35)14-30(40)39-18-24(22-8-4-6-10-29(22)39)33-36-16-20(44-33)11-12-31(41)43-2/h3,5,7,9,13,15-17,22,24,29H,4,6,8,10-12,14,18H2,1-2H3,(H,37,42). The number of ether oxygens (including phenoxy) is 1. The number of rotatable bonds is 8. The Kier molecular flexibility index (Phi) is 8.98. The highest BCUT2D eigenvalue weighted by Crippen LogP contribution is 2.46. The van der Waals surface area contributed by atoms with Gasteiger partial charge in [-0.05, 0) is 48.9 Å². The van der Waals surface area contributed by atoms with Gasteiger partial charge in [-0.1, -0.05) is 54.2 Å². The number of halogens is 2. The van der Waals surface area contributed by atoms with E-state index in [1.54, 1.807) is 29.7 Å². The number of likely N-dealkylation sites (tertiary alicyclic amines) is 1. The predicted molar refractivity (Wildman–Crippen MR) is 174 cm³/mol. The number of para-hydroxylation sites is 1. The number of benzene rings is 2. The Morgan fingerprint density at radius 2 is 1.91 bits per heavy atom. The van der Waals surface area contributed by atoms with Crippen molar-refractivity contribution in [2.24, 2.45) is 13.0 Å². The molecule has 1 saturated heterocycles. The number of aryl methyl sites for hydroxylation is 2. The van der Waals surface area contributed by atoms with Gasteiger partial charge in [0.15, 0.2) is 0 Å². The molecule has 1 aliphatic carbocycles. The van der Waals surface area contributed by atoms with E-state index in [0.29, 0.717) is 52.2 Å². The molecule has 0 spiro atoms. The minimum absolute atomic E-state index is 0.0115. The second kappa shape index (κ2) is 12.9. The Balaban J connectivity index is 1.16. The molecule has 2 amide bonds. The second-order valence-corrected chi connectivity index (χ2v) is 13.6. The summed E-state index contributed by atoms with van der Waals surface area (Å²) in [4.78, 5) is 46.4. The third-order valence-electron chi connectivity index (χ3n) is 8.97. The molecule has 1 aliphatic heterocycles. The van der Waals surface area contributed by atoms with E-state index < -0.39 is 0 Å². The second-order valence-electron chi connectivity index (χ2n) is 11.6. The Morgan fingerprint density at radius 1 is 1.11 bits per heavy atom. The maximum atomic E-state index is 13.8. The number of fused-ring (bicyclic) bond motifs is 2. The van der Waals surface area contributed by atoms with Gasteiger partial charge in [0.2, 0.25) is 5.91 Å². The van der Waals surface area contributed by atoms with Gasteiger partial charge >= 0.3 is 5.97 Å². The van der Waals surface area contributed by atoms with Crippen molar-refractivity contribution in [1.82, 2.24) is 14.5 Å². The van der Waals surface area contributed by atoms with Gasteiger partial charge in [0, 0.05) is 58.7 Å². The predicted octanol–water partition coefficient (Wildman–Crippen LogP) is 7.03. The van der Waals surface area contributed by atoms with Crippen molar-refractivity contribution in [1.29, 1.82) is 0 Å². The molecule has 3 atom stereocenters. The number of amides is 2. The van der Waals surface area contributed by atoms with Crippen LogP contribution in [-0.2, 0) is 34.2 Å². The maximum Gasteiger partial charge on any atom is 0.305 e. The number of carbonyl (C=O) groups excluding carboxylic acids is 3. The molecule has 1 saturated carbocycles. The van der Waals surface area contributed by atoms with Crippen molar-refractivity contribution in [3.8, 4) is 0 Å². The van der Waals surface area contributed by atoms with E-state index >= 15 is 0 Å². The van der Waals surface area contributed by atoms with E-state index in [4.69, 9.17) is 32.9 Å². The summed E-state index contributed by atoms with van der Waals surface area (Å²) in [5.41, 5.74) is 2.51. The highest BCUT2D eigenvalue weighted by Gasteiger charge is 2.46. The van der Waals surface area contributed by atoms with E-state index in [9.17, 15) is 14.4 Å². The molecule has 0 bridgehead atoms. The number of hydrogen-bond donors (Lipinski definition) is 1. The molecule has 11 heteroatoms. The molecular formula is C33H34Cl2N4O4S. The number of thiazole rings is 1. The average molecular weight is 654 g/mol. The summed E-state index contributed by atoms with van der Waals surface area (Å²) >= 11 is 14.9. The summed E-state index contributed by atoms with van der Waals surface area (Å²) < 4.78 is 6.68. The summed E-state index contributed by atoms with van der Waals surface area (Å²) in [5.74, 6) is 0.0249. The smallest absolute Gasteiger partial charge is 0.305 e. The van der Waals surface area contributed by atoms with E-state index in [1.165, 1.54) is 7.11 Å². The zero-order chi connectivity index (χ0) is 31.0. The molecule has 1 N–H and O–H groups in total. The van der Waals surface area contributed by atoms with Crippen LogP contribution in [0.3, 0.4) is 0 Å². The monoisotopic (exact) mass is 652 g/mol. The van der Waals surface area contributed by atoms with Crippen LogP contribution in [-0.4, -0.2) is 51.9 Å². The summed E-state index contributed by atoms with van der Waals surface area (Å²) in [6, 6.07) is 11.2. The normalized spacial score (nSPS) is 19.6. The van der Waals surface area contributed by atoms with Gasteiger partial charge in [-0.15, -0.1) is 11.3 Å². The molecule has 2 aromatic carbocycles. The van der Waals surface area contributed by atoms with Crippen molar-refractivity contribution in [2.45, 2.75) is 56.9 Å². The van der Waals surface area contributed by atoms with Crippen LogP contribution in [0.5, 0.6) is 0 Å². The summed E-state index contributed by atoms with van der Waals surface area (Å²) in [6.07, 6.45) is 8.97. The van der Waals surface area contributed by atoms with Crippen molar-refractivity contribution >= 4 is 68.9 Å². The number of nitrogens with zero attached hydrogens (tertiary/aromatic N) is 3. The molecule has 3 unspecified atom stereocenters. The molecule has 2 fully saturated rings. The molecule has 8 nitrogen and oxygen atoms in total. The fraction of sp³-hybridized carbons (Fsp3) is 0.394. The quantitative estimate of drug-likeness (QED) is 0.206. The molecule has 230 valence electrons. The third kappa shape index (κ3) is 6.10. The molecule has 0 radical (unpaired) electrons. The number of carbonyl (C=O) groups is 3. The van der Waals surface area contributed by atoms with E-state index in [1.807, 2.05) is 47.0 Å². The number of anilines is 1. The summed E-state index contributed by atoms with van der Waals surface area (Å²) in [6.45, 7) is 0.614. The Hall–Kier alpha value is -3.40. The highest BCUT2D eigenvalue weighted by atomic mass is 35.5. The largest absolute Gasteiger partial charge is 0.469 e. The van der Waals surface area contributed by atoms with E-state index in [-0.39, 0.29) is 36.2 Å². The van der Waals surface area contributed by atoms with E-state index in [2.05, 4.69) is 5.32 Å². The average Bonchev–Trinajstić information content (AvgIpc) is 3.74. The highest BCUT2D eigenvalue weighted by molar-refractivity contribution is 7.11. The van der Waals surface area contributed by atoms with Gasteiger partial charge in [-0.2, -0.15) is 0 Å². The van der Waals surface area contributed by atoms with Crippen LogP contribution >= 0.6 is 34.5 Å². The fourth-order valence-electron chi connectivity index (χ4n) is 6.76. The zero-order valence-electron chi connectivity index (χ0n) is 24.6. The van der Waals surface area contributed by atoms with Gasteiger partial charge < -0.3 is 19.5 Å².